The lowest BCUT2D eigenvalue weighted by Crippen LogP contribution is -2.52. The number of nitrogens with one attached hydrogen (secondary N) is 1. The fourth-order valence-corrected chi connectivity index (χ4v) is 6.03. The highest BCUT2D eigenvalue weighted by Gasteiger charge is 2.33. The Bertz CT molecular complexity index is 1440. The van der Waals surface area contributed by atoms with Crippen LogP contribution >= 0.6 is 11.6 Å². The number of anilines is 1. The zero-order valence-corrected chi connectivity index (χ0v) is 26.4. The fraction of sp³-hybridized carbons (Fsp3) is 0.375. The van der Waals surface area contributed by atoms with E-state index in [0.717, 1.165) is 15.4 Å². The number of halogens is 1. The third kappa shape index (κ3) is 8.72. The summed E-state index contributed by atoms with van der Waals surface area (Å²) >= 11 is 6.02. The Labute approximate surface area is 254 Å². The largest absolute Gasteiger partial charge is 0.494 e. The van der Waals surface area contributed by atoms with Gasteiger partial charge in [-0.05, 0) is 80.3 Å². The molecular weight excluding hydrogens is 574 g/mol. The van der Waals surface area contributed by atoms with Crippen LogP contribution in [0.15, 0.2) is 77.7 Å². The first kappa shape index (κ1) is 32.9. The molecule has 0 unspecified atom stereocenters. The minimum absolute atomic E-state index is 0.0134. The molecule has 1 N–H and O–H groups in total. The standard InChI is InChI=1S/C32H40ClN3O5S/c1-6-30(32(38)34-20-23(3)4)35(21-25-10-8-9-24(5)19-25)31(37)22-36(27-13-15-28(16-14-27)41-7-2)42(39,40)29-17-11-26(33)12-18-29/h8-19,23,30H,6-7,20-22H2,1-5H3,(H,34,38)/t30-/m1/s1. The zero-order chi connectivity index (χ0) is 30.9. The van der Waals surface area contributed by atoms with Gasteiger partial charge in [0.25, 0.3) is 10.0 Å². The van der Waals surface area contributed by atoms with E-state index in [4.69, 9.17) is 16.3 Å². The maximum absolute atomic E-state index is 14.2. The number of hydrogen-bond donors (Lipinski definition) is 1. The van der Waals surface area contributed by atoms with E-state index in [2.05, 4.69) is 5.32 Å². The van der Waals surface area contributed by atoms with Crippen LogP contribution < -0.4 is 14.4 Å². The molecule has 0 aliphatic rings. The highest BCUT2D eigenvalue weighted by molar-refractivity contribution is 7.92. The topological polar surface area (TPSA) is 96.0 Å². The van der Waals surface area contributed by atoms with Crippen molar-refractivity contribution in [2.24, 2.45) is 5.92 Å². The zero-order valence-electron chi connectivity index (χ0n) is 24.8. The van der Waals surface area contributed by atoms with Gasteiger partial charge in [0, 0.05) is 18.1 Å². The Morgan fingerprint density at radius 3 is 2.21 bits per heavy atom. The number of ether oxygens (including phenoxy) is 1. The summed E-state index contributed by atoms with van der Waals surface area (Å²) in [6, 6.07) is 19.2. The smallest absolute Gasteiger partial charge is 0.264 e. The molecule has 2 amide bonds. The van der Waals surface area contributed by atoms with E-state index in [0.29, 0.717) is 30.3 Å². The average Bonchev–Trinajstić information content (AvgIpc) is 2.95. The van der Waals surface area contributed by atoms with Crippen molar-refractivity contribution in [3.63, 3.8) is 0 Å². The molecule has 0 heterocycles. The Kier molecular flexibility index (Phi) is 11.8. The van der Waals surface area contributed by atoms with E-state index in [1.54, 1.807) is 24.3 Å². The van der Waals surface area contributed by atoms with Gasteiger partial charge in [0.15, 0.2) is 0 Å². The van der Waals surface area contributed by atoms with Crippen LogP contribution in [0.2, 0.25) is 5.02 Å². The van der Waals surface area contributed by atoms with Crippen molar-refractivity contribution < 1.29 is 22.7 Å². The van der Waals surface area contributed by atoms with Crippen molar-refractivity contribution in [1.82, 2.24) is 10.2 Å². The molecule has 0 bridgehead atoms. The summed E-state index contributed by atoms with van der Waals surface area (Å²) < 4.78 is 34.5. The first-order valence-electron chi connectivity index (χ1n) is 14.1. The van der Waals surface area contributed by atoms with E-state index in [1.165, 1.54) is 29.2 Å². The second kappa shape index (κ2) is 15.1. The number of nitrogens with zero attached hydrogens (tertiary/aromatic N) is 2. The van der Waals surface area contributed by atoms with Gasteiger partial charge < -0.3 is 15.0 Å². The number of hydrogen-bond acceptors (Lipinski definition) is 5. The van der Waals surface area contributed by atoms with Gasteiger partial charge in [-0.2, -0.15) is 0 Å². The minimum Gasteiger partial charge on any atom is -0.494 e. The molecule has 0 saturated heterocycles. The van der Waals surface area contributed by atoms with Crippen LogP contribution in [0.1, 0.15) is 45.2 Å². The molecule has 3 aromatic carbocycles. The van der Waals surface area contributed by atoms with Gasteiger partial charge in [-0.1, -0.05) is 62.2 Å². The predicted octanol–water partition coefficient (Wildman–Crippen LogP) is 5.82. The van der Waals surface area contributed by atoms with Crippen LogP contribution in [-0.4, -0.2) is 50.9 Å². The van der Waals surface area contributed by atoms with E-state index >= 15 is 0 Å². The van der Waals surface area contributed by atoms with Crippen molar-refractivity contribution in [2.45, 2.75) is 58.5 Å². The van der Waals surface area contributed by atoms with Gasteiger partial charge in [-0.3, -0.25) is 13.9 Å². The summed E-state index contributed by atoms with van der Waals surface area (Å²) in [5, 5.41) is 3.33. The molecule has 0 aliphatic carbocycles. The van der Waals surface area contributed by atoms with E-state index in [-0.39, 0.29) is 29.0 Å². The van der Waals surface area contributed by atoms with Crippen LogP contribution in [0.25, 0.3) is 0 Å². The molecule has 0 radical (unpaired) electrons. The van der Waals surface area contributed by atoms with Crippen LogP contribution in [0.4, 0.5) is 5.69 Å². The lowest BCUT2D eigenvalue weighted by Gasteiger charge is -2.33. The van der Waals surface area contributed by atoms with E-state index < -0.39 is 28.5 Å². The highest BCUT2D eigenvalue weighted by Crippen LogP contribution is 2.27. The molecule has 3 aromatic rings. The molecule has 0 aromatic heterocycles. The quantitative estimate of drug-likeness (QED) is 0.247. The van der Waals surface area contributed by atoms with Gasteiger partial charge in [-0.15, -0.1) is 0 Å². The summed E-state index contributed by atoms with van der Waals surface area (Å²) in [6.45, 7) is 10.2. The summed E-state index contributed by atoms with van der Waals surface area (Å²) in [5.74, 6) is 0.0206. The van der Waals surface area contributed by atoms with Crippen LogP contribution in [-0.2, 0) is 26.2 Å². The number of carbonyl (C=O) groups excluding carboxylic acids is 2. The van der Waals surface area contributed by atoms with Crippen molar-refractivity contribution in [2.75, 3.05) is 24.0 Å². The SMILES string of the molecule is CCOc1ccc(N(CC(=O)N(Cc2cccc(C)c2)[C@H](CC)C(=O)NCC(C)C)S(=O)(=O)c2ccc(Cl)cc2)cc1. The van der Waals surface area contributed by atoms with Gasteiger partial charge >= 0.3 is 0 Å². The van der Waals surface area contributed by atoms with Gasteiger partial charge in [0.2, 0.25) is 11.8 Å². The molecule has 226 valence electrons. The summed E-state index contributed by atoms with van der Waals surface area (Å²) in [7, 11) is -4.19. The Hall–Kier alpha value is -3.56. The molecule has 3 rings (SSSR count). The summed E-state index contributed by atoms with van der Waals surface area (Å²) in [5.41, 5.74) is 2.14. The average molecular weight is 614 g/mol. The monoisotopic (exact) mass is 613 g/mol. The summed E-state index contributed by atoms with van der Waals surface area (Å²) in [4.78, 5) is 28.9. The number of aryl methyl sites for hydroxylation is 1. The predicted molar refractivity (Wildman–Crippen MR) is 167 cm³/mol. The molecule has 10 heteroatoms. The van der Waals surface area contributed by atoms with Crippen molar-refractivity contribution in [3.8, 4) is 5.75 Å². The molecule has 0 fully saturated rings. The molecule has 0 spiro atoms. The third-order valence-corrected chi connectivity index (χ3v) is 8.66. The fourth-order valence-electron chi connectivity index (χ4n) is 4.49. The van der Waals surface area contributed by atoms with E-state index in [1.807, 2.05) is 58.9 Å². The lowest BCUT2D eigenvalue weighted by molar-refractivity contribution is -0.140. The Morgan fingerprint density at radius 1 is 0.976 bits per heavy atom. The molecule has 1 atom stereocenters. The second-order valence-electron chi connectivity index (χ2n) is 10.5. The van der Waals surface area contributed by atoms with Crippen molar-refractivity contribution in [3.05, 3.63) is 88.9 Å². The number of rotatable bonds is 14. The highest BCUT2D eigenvalue weighted by atomic mass is 35.5. The maximum Gasteiger partial charge on any atom is 0.264 e. The molecule has 0 saturated carbocycles. The lowest BCUT2D eigenvalue weighted by atomic mass is 10.1. The summed E-state index contributed by atoms with van der Waals surface area (Å²) in [6.07, 6.45) is 0.356. The number of benzene rings is 3. The number of amides is 2. The minimum atomic E-state index is -4.19. The Morgan fingerprint density at radius 2 is 1.64 bits per heavy atom. The first-order chi connectivity index (χ1) is 20.0. The normalized spacial score (nSPS) is 12.1. The van der Waals surface area contributed by atoms with Crippen LogP contribution in [0.3, 0.4) is 0 Å². The van der Waals surface area contributed by atoms with Gasteiger partial charge in [0.1, 0.15) is 18.3 Å². The van der Waals surface area contributed by atoms with E-state index in [9.17, 15) is 18.0 Å². The maximum atomic E-state index is 14.2. The number of sulfonamides is 1. The van der Waals surface area contributed by atoms with Crippen molar-refractivity contribution in [1.29, 1.82) is 0 Å². The molecule has 0 aliphatic heterocycles. The van der Waals surface area contributed by atoms with Crippen LogP contribution in [0.5, 0.6) is 5.75 Å². The van der Waals surface area contributed by atoms with Crippen LogP contribution in [0, 0.1) is 12.8 Å². The van der Waals surface area contributed by atoms with Gasteiger partial charge in [-0.25, -0.2) is 8.42 Å². The molecule has 8 nitrogen and oxygen atoms in total. The van der Waals surface area contributed by atoms with Gasteiger partial charge in [0.05, 0.1) is 17.2 Å². The second-order valence-corrected chi connectivity index (χ2v) is 12.8. The molecule has 42 heavy (non-hydrogen) atoms. The Balaban J connectivity index is 2.05. The third-order valence-electron chi connectivity index (χ3n) is 6.62. The first-order valence-corrected chi connectivity index (χ1v) is 15.9. The molecular formula is C32H40ClN3O5S. The number of carbonyl (C=O) groups is 2. The van der Waals surface area contributed by atoms with Crippen molar-refractivity contribution >= 4 is 39.1 Å².